The van der Waals surface area contributed by atoms with Gasteiger partial charge in [0.05, 0.1) is 12.7 Å². The largest absolute Gasteiger partial charge is 0.375 e. The zero-order chi connectivity index (χ0) is 12.4. The molecule has 17 heavy (non-hydrogen) atoms. The average Bonchev–Trinajstić information content (AvgIpc) is 2.28. The molecule has 4 heteroatoms. The lowest BCUT2D eigenvalue weighted by molar-refractivity contribution is 0.0531. The maximum atomic E-state index is 6.03. The van der Waals surface area contributed by atoms with Gasteiger partial charge < -0.3 is 15.4 Å². The van der Waals surface area contributed by atoms with Crippen molar-refractivity contribution in [2.75, 3.05) is 24.6 Å². The van der Waals surface area contributed by atoms with Crippen LogP contribution in [0.4, 0.5) is 5.69 Å². The molecule has 1 fully saturated rings. The monoisotopic (exact) mass is 298 g/mol. The highest BCUT2D eigenvalue weighted by Gasteiger charge is 2.20. The lowest BCUT2D eigenvalue weighted by Gasteiger charge is -2.34. The van der Waals surface area contributed by atoms with Crippen molar-refractivity contribution < 1.29 is 4.74 Å². The fourth-order valence-electron chi connectivity index (χ4n) is 2.21. The van der Waals surface area contributed by atoms with E-state index >= 15 is 0 Å². The first kappa shape index (κ1) is 12.9. The van der Waals surface area contributed by atoms with Crippen LogP contribution < -0.4 is 10.6 Å². The molecule has 2 N–H and O–H groups in total. The van der Waals surface area contributed by atoms with Crippen molar-refractivity contribution in [3.63, 3.8) is 0 Å². The predicted octanol–water partition coefficient (Wildman–Crippen LogP) is 2.69. The number of rotatable bonds is 2. The molecule has 1 aromatic carbocycles. The number of halogens is 1. The van der Waals surface area contributed by atoms with Crippen LogP contribution >= 0.6 is 15.9 Å². The van der Waals surface area contributed by atoms with E-state index in [1.54, 1.807) is 0 Å². The Morgan fingerprint density at radius 1 is 1.53 bits per heavy atom. The van der Waals surface area contributed by atoms with Crippen molar-refractivity contribution in [3.8, 4) is 0 Å². The van der Waals surface area contributed by atoms with Gasteiger partial charge in [0.15, 0.2) is 0 Å². The quantitative estimate of drug-likeness (QED) is 0.912. The van der Waals surface area contributed by atoms with E-state index in [9.17, 15) is 0 Å². The van der Waals surface area contributed by atoms with Crippen LogP contribution in [0.1, 0.15) is 25.5 Å². The predicted molar refractivity (Wildman–Crippen MR) is 74.4 cm³/mol. The van der Waals surface area contributed by atoms with Crippen LogP contribution in [0.25, 0.3) is 0 Å². The Hall–Kier alpha value is -0.580. The molecule has 1 aliphatic heterocycles. The molecule has 0 spiro atoms. The number of nitrogens with two attached hydrogens (primary N) is 1. The minimum absolute atomic E-state index is 0.0521. The molecule has 94 valence electrons. The van der Waals surface area contributed by atoms with Gasteiger partial charge in [-0.3, -0.25) is 0 Å². The lowest BCUT2D eigenvalue weighted by Crippen LogP contribution is -2.41. The summed E-state index contributed by atoms with van der Waals surface area (Å²) in [5.74, 6) is 0. The van der Waals surface area contributed by atoms with Crippen molar-refractivity contribution >= 4 is 21.6 Å². The van der Waals surface area contributed by atoms with Crippen LogP contribution in [0.5, 0.6) is 0 Å². The molecular weight excluding hydrogens is 280 g/mol. The fourth-order valence-corrected chi connectivity index (χ4v) is 2.56. The molecule has 2 unspecified atom stereocenters. The molecule has 0 amide bonds. The first-order valence-electron chi connectivity index (χ1n) is 5.99. The van der Waals surface area contributed by atoms with E-state index in [4.69, 9.17) is 10.5 Å². The molecule has 3 nitrogen and oxygen atoms in total. The Bertz CT molecular complexity index is 395. The third kappa shape index (κ3) is 3.00. The van der Waals surface area contributed by atoms with Gasteiger partial charge in [0.25, 0.3) is 0 Å². The molecule has 0 aliphatic carbocycles. The third-order valence-corrected chi connectivity index (χ3v) is 3.56. The van der Waals surface area contributed by atoms with E-state index in [2.05, 4.69) is 39.9 Å². The van der Waals surface area contributed by atoms with Gasteiger partial charge in [0.1, 0.15) is 0 Å². The van der Waals surface area contributed by atoms with E-state index in [0.29, 0.717) is 0 Å². The van der Waals surface area contributed by atoms with Gasteiger partial charge >= 0.3 is 0 Å². The summed E-state index contributed by atoms with van der Waals surface area (Å²) in [6.45, 7) is 6.77. The highest BCUT2D eigenvalue weighted by molar-refractivity contribution is 9.10. The van der Waals surface area contributed by atoms with E-state index in [1.165, 1.54) is 11.3 Å². The first-order chi connectivity index (χ1) is 8.08. The van der Waals surface area contributed by atoms with Crippen molar-refractivity contribution in [3.05, 3.63) is 28.2 Å². The van der Waals surface area contributed by atoms with Crippen LogP contribution in [-0.4, -0.2) is 25.8 Å². The summed E-state index contributed by atoms with van der Waals surface area (Å²) in [4.78, 5) is 2.36. The molecule has 0 aromatic heterocycles. The van der Waals surface area contributed by atoms with Crippen LogP contribution in [-0.2, 0) is 4.74 Å². The van der Waals surface area contributed by atoms with Gasteiger partial charge in [-0.15, -0.1) is 0 Å². The summed E-state index contributed by atoms with van der Waals surface area (Å²) in [5, 5.41) is 0. The Balaban J connectivity index is 2.32. The standard InChI is InChI=1S/C13H19BrN2O/c1-9-8-16(5-6-17-9)13-7-11(14)3-4-12(13)10(2)15/h3-4,7,9-10H,5-6,8,15H2,1-2H3. The number of nitrogens with zero attached hydrogens (tertiary/aromatic N) is 1. The minimum Gasteiger partial charge on any atom is -0.375 e. The highest BCUT2D eigenvalue weighted by atomic mass is 79.9. The van der Waals surface area contributed by atoms with Gasteiger partial charge in [0, 0.05) is 29.3 Å². The summed E-state index contributed by atoms with van der Waals surface area (Å²) in [6.07, 6.45) is 0.281. The Morgan fingerprint density at radius 2 is 2.29 bits per heavy atom. The zero-order valence-electron chi connectivity index (χ0n) is 10.3. The molecule has 1 heterocycles. The van der Waals surface area contributed by atoms with Crippen LogP contribution in [0.3, 0.4) is 0 Å². The average molecular weight is 299 g/mol. The van der Waals surface area contributed by atoms with E-state index in [0.717, 1.165) is 24.2 Å². The smallest absolute Gasteiger partial charge is 0.0722 e. The number of anilines is 1. The second-order valence-electron chi connectivity index (χ2n) is 4.62. The van der Waals surface area contributed by atoms with Crippen molar-refractivity contribution in [1.29, 1.82) is 0 Å². The molecule has 0 radical (unpaired) electrons. The van der Waals surface area contributed by atoms with Crippen LogP contribution in [0, 0.1) is 0 Å². The molecule has 1 aromatic rings. The van der Waals surface area contributed by atoms with Gasteiger partial charge in [0.2, 0.25) is 0 Å². The molecule has 1 saturated heterocycles. The Labute approximate surface area is 111 Å². The van der Waals surface area contributed by atoms with E-state index in [1.807, 2.05) is 13.0 Å². The molecule has 2 rings (SSSR count). The summed E-state index contributed by atoms with van der Waals surface area (Å²) in [6, 6.07) is 6.35. The molecule has 0 saturated carbocycles. The number of hydrogen-bond acceptors (Lipinski definition) is 3. The van der Waals surface area contributed by atoms with Gasteiger partial charge in [-0.05, 0) is 31.5 Å². The summed E-state index contributed by atoms with van der Waals surface area (Å²) >= 11 is 3.53. The normalized spacial score (nSPS) is 22.6. The maximum Gasteiger partial charge on any atom is 0.0722 e. The summed E-state index contributed by atoms with van der Waals surface area (Å²) in [7, 11) is 0. The second kappa shape index (κ2) is 5.38. The third-order valence-electron chi connectivity index (χ3n) is 3.06. The maximum absolute atomic E-state index is 6.03. The van der Waals surface area contributed by atoms with Gasteiger partial charge in [-0.1, -0.05) is 22.0 Å². The van der Waals surface area contributed by atoms with Crippen LogP contribution in [0.2, 0.25) is 0 Å². The molecule has 2 atom stereocenters. The lowest BCUT2D eigenvalue weighted by atomic mass is 10.1. The topological polar surface area (TPSA) is 38.5 Å². The van der Waals surface area contributed by atoms with E-state index in [-0.39, 0.29) is 12.1 Å². The van der Waals surface area contributed by atoms with E-state index < -0.39 is 0 Å². The van der Waals surface area contributed by atoms with Crippen molar-refractivity contribution in [1.82, 2.24) is 0 Å². The molecule has 1 aliphatic rings. The fraction of sp³-hybridized carbons (Fsp3) is 0.538. The summed E-state index contributed by atoms with van der Waals surface area (Å²) in [5.41, 5.74) is 8.46. The highest BCUT2D eigenvalue weighted by Crippen LogP contribution is 2.30. The van der Waals surface area contributed by atoms with Gasteiger partial charge in [-0.25, -0.2) is 0 Å². The zero-order valence-corrected chi connectivity index (χ0v) is 11.9. The molecule has 0 bridgehead atoms. The summed E-state index contributed by atoms with van der Waals surface area (Å²) < 4.78 is 6.67. The first-order valence-corrected chi connectivity index (χ1v) is 6.79. The number of ether oxygens (including phenoxy) is 1. The Kier molecular flexibility index (Phi) is 4.07. The number of hydrogen-bond donors (Lipinski definition) is 1. The van der Waals surface area contributed by atoms with Crippen molar-refractivity contribution in [2.24, 2.45) is 5.73 Å². The molecular formula is C13H19BrN2O. The van der Waals surface area contributed by atoms with Crippen LogP contribution in [0.15, 0.2) is 22.7 Å². The van der Waals surface area contributed by atoms with Gasteiger partial charge in [-0.2, -0.15) is 0 Å². The van der Waals surface area contributed by atoms with Crippen molar-refractivity contribution in [2.45, 2.75) is 26.0 Å². The minimum atomic E-state index is 0.0521. The number of morpholine rings is 1. The Morgan fingerprint density at radius 3 is 2.94 bits per heavy atom. The second-order valence-corrected chi connectivity index (χ2v) is 5.53. The number of benzene rings is 1. The SMILES string of the molecule is CC1CN(c2cc(Br)ccc2C(C)N)CCO1.